The first-order valence-electron chi connectivity index (χ1n) is 4.66. The number of benzene rings is 1. The molecule has 0 aliphatic carbocycles. The lowest BCUT2D eigenvalue weighted by Crippen LogP contribution is -2.03. The molecule has 3 nitrogen and oxygen atoms in total. The molecule has 2 aromatic rings. The Morgan fingerprint density at radius 1 is 1.44 bits per heavy atom. The number of rotatable bonds is 2. The fraction of sp³-hybridized carbons (Fsp3) is 0.0909. The summed E-state index contributed by atoms with van der Waals surface area (Å²) in [6, 6.07) is 9.29. The first kappa shape index (κ1) is 11.1. The molecule has 82 valence electrons. The number of carbonyl (C=O) groups excluding carboxylic acids is 1. The highest BCUT2D eigenvalue weighted by atomic mass is 35.5. The maximum absolute atomic E-state index is 10.9. The smallest absolute Gasteiger partial charge is 0.221 e. The quantitative estimate of drug-likeness (QED) is 0.890. The molecule has 0 bridgehead atoms. The molecule has 1 N–H and O–H groups in total. The zero-order valence-corrected chi connectivity index (χ0v) is 10.1. The molecule has 1 amide bonds. The summed E-state index contributed by atoms with van der Waals surface area (Å²) in [4.78, 5) is 10.9. The van der Waals surface area contributed by atoms with E-state index < -0.39 is 0 Å². The topological polar surface area (TPSA) is 42.0 Å². The van der Waals surface area contributed by atoms with Gasteiger partial charge in [0.05, 0.1) is 5.69 Å². The second-order valence-corrected chi connectivity index (χ2v) is 4.45. The fourth-order valence-corrected chi connectivity index (χ4v) is 2.24. The van der Waals surface area contributed by atoms with Crippen molar-refractivity contribution >= 4 is 34.0 Å². The van der Waals surface area contributed by atoms with Gasteiger partial charge in [0.1, 0.15) is 5.00 Å². The van der Waals surface area contributed by atoms with Crippen molar-refractivity contribution in [1.82, 2.24) is 4.37 Å². The predicted octanol–water partition coefficient (Wildman–Crippen LogP) is 3.42. The van der Waals surface area contributed by atoms with E-state index in [1.54, 1.807) is 0 Å². The zero-order chi connectivity index (χ0) is 11.5. The highest BCUT2D eigenvalue weighted by molar-refractivity contribution is 7.10. The minimum atomic E-state index is -0.102. The maximum Gasteiger partial charge on any atom is 0.221 e. The van der Waals surface area contributed by atoms with Gasteiger partial charge in [-0.2, -0.15) is 4.37 Å². The van der Waals surface area contributed by atoms with Gasteiger partial charge in [-0.05, 0) is 17.6 Å². The van der Waals surface area contributed by atoms with Gasteiger partial charge in [0.15, 0.2) is 0 Å². The second kappa shape index (κ2) is 4.63. The first-order chi connectivity index (χ1) is 7.66. The van der Waals surface area contributed by atoms with Crippen molar-refractivity contribution in [2.75, 3.05) is 5.32 Å². The van der Waals surface area contributed by atoms with E-state index >= 15 is 0 Å². The third-order valence-corrected chi connectivity index (χ3v) is 2.99. The Kier molecular flexibility index (Phi) is 3.22. The van der Waals surface area contributed by atoms with Crippen molar-refractivity contribution in [2.24, 2.45) is 0 Å². The molecule has 0 saturated carbocycles. The Labute approximate surface area is 102 Å². The monoisotopic (exact) mass is 252 g/mol. The maximum atomic E-state index is 10.9. The third-order valence-electron chi connectivity index (χ3n) is 1.96. The van der Waals surface area contributed by atoms with Crippen LogP contribution in [0.15, 0.2) is 30.3 Å². The number of amides is 1. The van der Waals surface area contributed by atoms with Crippen LogP contribution < -0.4 is 5.32 Å². The molecule has 0 aliphatic rings. The summed E-state index contributed by atoms with van der Waals surface area (Å²) >= 11 is 7.29. The van der Waals surface area contributed by atoms with Crippen molar-refractivity contribution in [3.63, 3.8) is 0 Å². The number of anilines is 1. The summed E-state index contributed by atoms with van der Waals surface area (Å²) in [5.74, 6) is -0.102. The van der Waals surface area contributed by atoms with Crippen LogP contribution in [0.2, 0.25) is 5.02 Å². The number of aromatic nitrogens is 1. The van der Waals surface area contributed by atoms with E-state index in [0.717, 1.165) is 16.3 Å². The second-order valence-electron chi connectivity index (χ2n) is 3.24. The predicted molar refractivity (Wildman–Crippen MR) is 66.9 cm³/mol. The van der Waals surface area contributed by atoms with Crippen molar-refractivity contribution in [1.29, 1.82) is 0 Å². The molecule has 1 aromatic carbocycles. The van der Waals surface area contributed by atoms with Crippen LogP contribution in [0, 0.1) is 0 Å². The van der Waals surface area contributed by atoms with Crippen LogP contribution >= 0.6 is 23.1 Å². The van der Waals surface area contributed by atoms with Crippen LogP contribution in [0.1, 0.15) is 6.92 Å². The Morgan fingerprint density at radius 3 is 2.88 bits per heavy atom. The lowest BCUT2D eigenvalue weighted by atomic mass is 10.1. The average molecular weight is 253 g/mol. The number of nitrogens with one attached hydrogen (secondary N) is 1. The Balaban J connectivity index is 2.32. The third kappa shape index (κ3) is 2.40. The highest BCUT2D eigenvalue weighted by Gasteiger charge is 2.08. The van der Waals surface area contributed by atoms with Gasteiger partial charge in [-0.25, -0.2) is 0 Å². The molecule has 2 rings (SSSR count). The van der Waals surface area contributed by atoms with Crippen LogP contribution in [0.25, 0.3) is 11.3 Å². The van der Waals surface area contributed by atoms with Gasteiger partial charge >= 0.3 is 0 Å². The van der Waals surface area contributed by atoms with E-state index in [1.165, 1.54) is 18.5 Å². The molecule has 0 radical (unpaired) electrons. The van der Waals surface area contributed by atoms with Gasteiger partial charge in [0.25, 0.3) is 0 Å². The van der Waals surface area contributed by atoms with Crippen LogP contribution in [-0.2, 0) is 4.79 Å². The van der Waals surface area contributed by atoms with E-state index in [4.69, 9.17) is 11.6 Å². The number of hydrogen-bond donors (Lipinski definition) is 1. The fourth-order valence-electron chi connectivity index (χ4n) is 1.30. The molecule has 0 aliphatic heterocycles. The van der Waals surface area contributed by atoms with E-state index in [-0.39, 0.29) is 5.91 Å². The summed E-state index contributed by atoms with van der Waals surface area (Å²) in [5.41, 5.74) is 1.65. The Morgan fingerprint density at radius 2 is 2.19 bits per heavy atom. The number of hydrogen-bond acceptors (Lipinski definition) is 3. The van der Waals surface area contributed by atoms with Gasteiger partial charge in [0, 0.05) is 23.6 Å². The van der Waals surface area contributed by atoms with Gasteiger partial charge in [0.2, 0.25) is 5.91 Å². The van der Waals surface area contributed by atoms with E-state index in [0.29, 0.717) is 5.02 Å². The van der Waals surface area contributed by atoms with Crippen LogP contribution in [0.3, 0.4) is 0 Å². The van der Waals surface area contributed by atoms with Crippen LogP contribution in [-0.4, -0.2) is 10.3 Å². The largest absolute Gasteiger partial charge is 0.317 e. The molecule has 0 saturated heterocycles. The van der Waals surface area contributed by atoms with Crippen molar-refractivity contribution in [3.05, 3.63) is 35.4 Å². The summed E-state index contributed by atoms with van der Waals surface area (Å²) < 4.78 is 4.24. The lowest BCUT2D eigenvalue weighted by molar-refractivity contribution is -0.114. The molecule has 16 heavy (non-hydrogen) atoms. The zero-order valence-electron chi connectivity index (χ0n) is 8.53. The number of halogens is 1. The van der Waals surface area contributed by atoms with Gasteiger partial charge in [-0.3, -0.25) is 4.79 Å². The standard InChI is InChI=1S/C11H9ClN2OS/c1-7(15)13-11-6-10(14-16-11)8-4-2-3-5-9(8)12/h2-6H,1H3,(H,13,15). The normalized spacial score (nSPS) is 10.1. The molecule has 0 spiro atoms. The van der Waals surface area contributed by atoms with Crippen molar-refractivity contribution in [3.8, 4) is 11.3 Å². The Bertz CT molecular complexity index is 524. The first-order valence-corrected chi connectivity index (χ1v) is 5.81. The SMILES string of the molecule is CC(=O)Nc1cc(-c2ccccc2Cl)ns1. The summed E-state index contributed by atoms with van der Waals surface area (Å²) in [6.45, 7) is 1.47. The molecule has 5 heteroatoms. The van der Waals surface area contributed by atoms with E-state index in [2.05, 4.69) is 9.69 Å². The van der Waals surface area contributed by atoms with E-state index in [9.17, 15) is 4.79 Å². The molecule has 1 heterocycles. The minimum absolute atomic E-state index is 0.102. The average Bonchev–Trinajstić information content (AvgIpc) is 2.66. The molecular formula is C11H9ClN2OS. The van der Waals surface area contributed by atoms with E-state index in [1.807, 2.05) is 30.3 Å². The molecule has 0 atom stereocenters. The van der Waals surface area contributed by atoms with Crippen LogP contribution in [0.4, 0.5) is 5.00 Å². The van der Waals surface area contributed by atoms with Gasteiger partial charge < -0.3 is 5.32 Å². The summed E-state index contributed by atoms with van der Waals surface area (Å²) in [5, 5.41) is 4.07. The van der Waals surface area contributed by atoms with Crippen molar-refractivity contribution < 1.29 is 4.79 Å². The number of carbonyl (C=O) groups is 1. The molecule has 0 unspecified atom stereocenters. The molecule has 0 fully saturated rings. The summed E-state index contributed by atoms with van der Waals surface area (Å²) in [7, 11) is 0. The van der Waals surface area contributed by atoms with Gasteiger partial charge in [-0.1, -0.05) is 29.8 Å². The van der Waals surface area contributed by atoms with Crippen molar-refractivity contribution in [2.45, 2.75) is 6.92 Å². The highest BCUT2D eigenvalue weighted by Crippen LogP contribution is 2.30. The van der Waals surface area contributed by atoms with Gasteiger partial charge in [-0.15, -0.1) is 0 Å². The van der Waals surface area contributed by atoms with Crippen LogP contribution in [0.5, 0.6) is 0 Å². The Hall–Kier alpha value is -1.39. The molecule has 1 aromatic heterocycles. The molecular weight excluding hydrogens is 244 g/mol. The lowest BCUT2D eigenvalue weighted by Gasteiger charge is -1.98. The summed E-state index contributed by atoms with van der Waals surface area (Å²) in [6.07, 6.45) is 0. The minimum Gasteiger partial charge on any atom is -0.317 e. The number of nitrogens with zero attached hydrogens (tertiary/aromatic N) is 1.